The number of aromatic nitrogens is 1. The first-order valence-corrected chi connectivity index (χ1v) is 10.1. The van der Waals surface area contributed by atoms with Crippen LogP contribution in [0.4, 0.5) is 0 Å². The number of hydrogen-bond acceptors (Lipinski definition) is 4. The fourth-order valence-electron chi connectivity index (χ4n) is 2.26. The standard InChI is InChI=1S/C18H24N4OS3/c1-12(2)8-9-19-17(24)21-20-16(23)10-22-15(11-26-18(22)25)14-6-4-13(3)5-7-14/h4-7,11-12H,8-10H2,1-3H3,(H,20,23)(H2,19,21,24). The fraction of sp³-hybridized carbons (Fsp3) is 0.389. The van der Waals surface area contributed by atoms with Gasteiger partial charge in [0.15, 0.2) is 9.07 Å². The van der Waals surface area contributed by atoms with E-state index in [0.29, 0.717) is 15.0 Å². The second-order valence-electron chi connectivity index (χ2n) is 6.45. The van der Waals surface area contributed by atoms with Crippen molar-refractivity contribution in [1.82, 2.24) is 20.7 Å². The Kier molecular flexibility index (Phi) is 7.74. The lowest BCUT2D eigenvalue weighted by atomic mass is 10.1. The highest BCUT2D eigenvalue weighted by Gasteiger charge is 2.11. The molecule has 140 valence electrons. The van der Waals surface area contributed by atoms with E-state index in [-0.39, 0.29) is 12.5 Å². The van der Waals surface area contributed by atoms with Crippen LogP contribution in [0.15, 0.2) is 29.6 Å². The zero-order valence-electron chi connectivity index (χ0n) is 15.2. The number of rotatable bonds is 6. The number of carbonyl (C=O) groups excluding carboxylic acids is 1. The Labute approximate surface area is 168 Å². The summed E-state index contributed by atoms with van der Waals surface area (Å²) in [7, 11) is 0. The second-order valence-corrected chi connectivity index (χ2v) is 8.36. The molecule has 0 aliphatic heterocycles. The van der Waals surface area contributed by atoms with Crippen LogP contribution in [0, 0.1) is 16.8 Å². The maximum absolute atomic E-state index is 12.3. The topological polar surface area (TPSA) is 58.1 Å². The minimum absolute atomic E-state index is 0.132. The lowest BCUT2D eigenvalue weighted by Crippen LogP contribution is -2.48. The van der Waals surface area contributed by atoms with Crippen molar-refractivity contribution in [1.29, 1.82) is 0 Å². The summed E-state index contributed by atoms with van der Waals surface area (Å²) in [6.07, 6.45) is 1.01. The van der Waals surface area contributed by atoms with Gasteiger partial charge in [0.05, 0.1) is 5.69 Å². The molecule has 5 nitrogen and oxygen atoms in total. The summed E-state index contributed by atoms with van der Waals surface area (Å²) < 4.78 is 2.49. The summed E-state index contributed by atoms with van der Waals surface area (Å²) in [5.74, 6) is 0.390. The summed E-state index contributed by atoms with van der Waals surface area (Å²) >= 11 is 12.0. The molecule has 0 saturated heterocycles. The summed E-state index contributed by atoms with van der Waals surface area (Å²) in [6.45, 7) is 7.24. The van der Waals surface area contributed by atoms with Crippen LogP contribution < -0.4 is 16.2 Å². The number of thiazole rings is 1. The van der Waals surface area contributed by atoms with Crippen molar-refractivity contribution < 1.29 is 4.79 Å². The number of aryl methyl sites for hydroxylation is 1. The Bertz CT molecular complexity index is 809. The van der Waals surface area contributed by atoms with E-state index in [1.807, 2.05) is 41.1 Å². The number of thiocarbonyl (C=S) groups is 1. The summed E-state index contributed by atoms with van der Waals surface area (Å²) in [6, 6.07) is 8.16. The maximum atomic E-state index is 12.3. The average Bonchev–Trinajstić information content (AvgIpc) is 2.94. The molecular weight excluding hydrogens is 384 g/mol. The van der Waals surface area contributed by atoms with Crippen LogP contribution >= 0.6 is 35.8 Å². The summed E-state index contributed by atoms with van der Waals surface area (Å²) in [5, 5.41) is 5.45. The predicted molar refractivity (Wildman–Crippen MR) is 115 cm³/mol. The Balaban J connectivity index is 1.93. The third kappa shape index (κ3) is 6.19. The van der Waals surface area contributed by atoms with Crippen molar-refractivity contribution in [2.75, 3.05) is 6.54 Å². The molecule has 0 radical (unpaired) electrons. The van der Waals surface area contributed by atoms with Crippen LogP contribution in [-0.2, 0) is 11.3 Å². The van der Waals surface area contributed by atoms with E-state index >= 15 is 0 Å². The molecule has 0 aliphatic rings. The number of nitrogens with zero attached hydrogens (tertiary/aromatic N) is 1. The number of hydrogen-bond donors (Lipinski definition) is 3. The van der Waals surface area contributed by atoms with Crippen molar-refractivity contribution in [2.24, 2.45) is 5.92 Å². The normalized spacial score (nSPS) is 10.6. The van der Waals surface area contributed by atoms with Crippen LogP contribution in [0.5, 0.6) is 0 Å². The smallest absolute Gasteiger partial charge is 0.258 e. The molecule has 0 fully saturated rings. The van der Waals surface area contributed by atoms with Gasteiger partial charge < -0.3 is 9.88 Å². The van der Waals surface area contributed by atoms with Gasteiger partial charge >= 0.3 is 0 Å². The predicted octanol–water partition coefficient (Wildman–Crippen LogP) is 3.80. The molecule has 1 aromatic carbocycles. The van der Waals surface area contributed by atoms with E-state index in [1.54, 1.807) is 0 Å². The third-order valence-corrected chi connectivity index (χ3v) is 5.27. The van der Waals surface area contributed by atoms with Crippen LogP contribution in [0.2, 0.25) is 0 Å². The van der Waals surface area contributed by atoms with Crippen molar-refractivity contribution >= 4 is 46.8 Å². The fourth-order valence-corrected chi connectivity index (χ4v) is 3.48. The van der Waals surface area contributed by atoms with Gasteiger partial charge in [-0.25, -0.2) is 0 Å². The van der Waals surface area contributed by atoms with Gasteiger partial charge in [-0.3, -0.25) is 15.6 Å². The zero-order chi connectivity index (χ0) is 19.1. The lowest BCUT2D eigenvalue weighted by molar-refractivity contribution is -0.122. The maximum Gasteiger partial charge on any atom is 0.258 e. The molecule has 2 aromatic rings. The van der Waals surface area contributed by atoms with Gasteiger partial charge in [-0.1, -0.05) is 43.7 Å². The van der Waals surface area contributed by atoms with E-state index in [2.05, 4.69) is 30.0 Å². The van der Waals surface area contributed by atoms with Crippen LogP contribution in [0.1, 0.15) is 25.8 Å². The highest BCUT2D eigenvalue weighted by atomic mass is 32.1. The van der Waals surface area contributed by atoms with Gasteiger partial charge in [-0.15, -0.1) is 11.3 Å². The molecule has 1 amide bonds. The Morgan fingerprint density at radius 3 is 2.58 bits per heavy atom. The van der Waals surface area contributed by atoms with E-state index in [0.717, 1.165) is 24.2 Å². The van der Waals surface area contributed by atoms with Gasteiger partial charge in [-0.2, -0.15) is 0 Å². The molecule has 26 heavy (non-hydrogen) atoms. The first-order valence-electron chi connectivity index (χ1n) is 8.45. The van der Waals surface area contributed by atoms with Gasteiger partial charge in [-0.05, 0) is 49.3 Å². The highest BCUT2D eigenvalue weighted by molar-refractivity contribution is 7.80. The lowest BCUT2D eigenvalue weighted by Gasteiger charge is -2.13. The van der Waals surface area contributed by atoms with Gasteiger partial charge in [0, 0.05) is 11.9 Å². The zero-order valence-corrected chi connectivity index (χ0v) is 17.6. The van der Waals surface area contributed by atoms with Gasteiger partial charge in [0.2, 0.25) is 0 Å². The highest BCUT2D eigenvalue weighted by Crippen LogP contribution is 2.24. The molecule has 0 spiro atoms. The second kappa shape index (κ2) is 9.80. The van der Waals surface area contributed by atoms with Crippen molar-refractivity contribution in [3.8, 4) is 11.3 Å². The quantitative estimate of drug-likeness (QED) is 0.501. The minimum atomic E-state index is -0.208. The van der Waals surface area contributed by atoms with E-state index in [1.165, 1.54) is 16.9 Å². The van der Waals surface area contributed by atoms with Crippen molar-refractivity contribution in [3.63, 3.8) is 0 Å². The number of nitrogens with one attached hydrogen (secondary N) is 3. The van der Waals surface area contributed by atoms with Crippen molar-refractivity contribution in [2.45, 2.75) is 33.7 Å². The Hall–Kier alpha value is -1.77. The minimum Gasteiger partial charge on any atom is -0.361 e. The van der Waals surface area contributed by atoms with Crippen LogP contribution in [0.3, 0.4) is 0 Å². The molecule has 8 heteroatoms. The largest absolute Gasteiger partial charge is 0.361 e. The summed E-state index contributed by atoms with van der Waals surface area (Å²) in [4.78, 5) is 12.3. The first-order chi connectivity index (χ1) is 12.4. The van der Waals surface area contributed by atoms with E-state index < -0.39 is 0 Å². The number of hydrazine groups is 1. The monoisotopic (exact) mass is 408 g/mol. The van der Waals surface area contributed by atoms with Crippen LogP contribution in [0.25, 0.3) is 11.3 Å². The number of carbonyl (C=O) groups is 1. The summed E-state index contributed by atoms with van der Waals surface area (Å²) in [5.41, 5.74) is 8.51. The molecule has 3 N–H and O–H groups in total. The van der Waals surface area contributed by atoms with E-state index in [9.17, 15) is 4.79 Å². The number of amides is 1. The molecule has 1 heterocycles. The molecular formula is C18H24N4OS3. The molecule has 0 aliphatic carbocycles. The van der Waals surface area contributed by atoms with Gasteiger partial charge in [0.25, 0.3) is 5.91 Å². The molecule has 0 atom stereocenters. The Morgan fingerprint density at radius 1 is 1.23 bits per heavy atom. The molecule has 0 unspecified atom stereocenters. The Morgan fingerprint density at radius 2 is 1.92 bits per heavy atom. The molecule has 0 saturated carbocycles. The van der Waals surface area contributed by atoms with E-state index in [4.69, 9.17) is 24.4 Å². The average molecular weight is 409 g/mol. The molecule has 1 aromatic heterocycles. The molecule has 2 rings (SSSR count). The van der Waals surface area contributed by atoms with Gasteiger partial charge in [0.1, 0.15) is 6.54 Å². The SMILES string of the molecule is Cc1ccc(-c2csc(=S)n2CC(=O)NNC(=S)NCCC(C)C)cc1. The molecule has 0 bridgehead atoms. The third-order valence-electron chi connectivity index (χ3n) is 3.75. The first kappa shape index (κ1) is 20.5. The van der Waals surface area contributed by atoms with Crippen LogP contribution in [-0.4, -0.2) is 22.1 Å². The number of benzene rings is 1. The van der Waals surface area contributed by atoms with Crippen molar-refractivity contribution in [3.05, 3.63) is 39.2 Å².